The third-order valence-corrected chi connectivity index (χ3v) is 3.46. The predicted octanol–water partition coefficient (Wildman–Crippen LogP) is 3.50. The Morgan fingerprint density at radius 1 is 1.00 bits per heavy atom. The van der Waals surface area contributed by atoms with E-state index in [9.17, 15) is 0 Å². The normalized spacial score (nSPS) is 14.2. The molecular formula is C17H19NO2. The van der Waals surface area contributed by atoms with Crippen molar-refractivity contribution in [3.63, 3.8) is 0 Å². The van der Waals surface area contributed by atoms with E-state index in [0.29, 0.717) is 6.79 Å². The van der Waals surface area contributed by atoms with Crippen LogP contribution in [-0.2, 0) is 0 Å². The first-order valence-corrected chi connectivity index (χ1v) is 7.06. The Morgan fingerprint density at radius 2 is 1.80 bits per heavy atom. The number of hydrogen-bond donors (Lipinski definition) is 1. The van der Waals surface area contributed by atoms with Gasteiger partial charge in [-0.1, -0.05) is 43.3 Å². The molecule has 1 aliphatic rings. The summed E-state index contributed by atoms with van der Waals surface area (Å²) in [5.41, 5.74) is 2.47. The molecule has 2 aromatic rings. The molecule has 3 rings (SSSR count). The van der Waals surface area contributed by atoms with Gasteiger partial charge >= 0.3 is 0 Å². The lowest BCUT2D eigenvalue weighted by molar-refractivity contribution is 0.174. The molecule has 0 saturated heterocycles. The van der Waals surface area contributed by atoms with E-state index >= 15 is 0 Å². The summed E-state index contributed by atoms with van der Waals surface area (Å²) < 4.78 is 10.9. The van der Waals surface area contributed by atoms with Gasteiger partial charge in [0.15, 0.2) is 11.5 Å². The zero-order valence-electron chi connectivity index (χ0n) is 11.6. The highest BCUT2D eigenvalue weighted by Crippen LogP contribution is 2.35. The molecule has 0 amide bonds. The molecule has 20 heavy (non-hydrogen) atoms. The lowest BCUT2D eigenvalue weighted by Gasteiger charge is -2.20. The summed E-state index contributed by atoms with van der Waals surface area (Å²) in [6, 6.07) is 16.8. The van der Waals surface area contributed by atoms with Crippen molar-refractivity contribution in [2.75, 3.05) is 13.3 Å². The van der Waals surface area contributed by atoms with Gasteiger partial charge in [0.2, 0.25) is 6.79 Å². The van der Waals surface area contributed by atoms with E-state index in [1.807, 2.05) is 12.1 Å². The molecule has 3 heteroatoms. The lowest BCUT2D eigenvalue weighted by Crippen LogP contribution is -2.23. The molecule has 0 bridgehead atoms. The third kappa shape index (κ3) is 2.63. The van der Waals surface area contributed by atoms with Crippen LogP contribution in [0.5, 0.6) is 11.5 Å². The Labute approximate surface area is 119 Å². The second-order valence-corrected chi connectivity index (χ2v) is 4.91. The van der Waals surface area contributed by atoms with Gasteiger partial charge in [-0.15, -0.1) is 0 Å². The van der Waals surface area contributed by atoms with Gasteiger partial charge in [0.05, 0.1) is 6.04 Å². The molecule has 104 valence electrons. The van der Waals surface area contributed by atoms with Crippen molar-refractivity contribution in [2.24, 2.45) is 0 Å². The fraction of sp³-hybridized carbons (Fsp3) is 0.294. The fourth-order valence-electron chi connectivity index (χ4n) is 2.46. The molecular weight excluding hydrogens is 250 g/mol. The van der Waals surface area contributed by atoms with Crippen LogP contribution in [0.1, 0.15) is 30.5 Å². The smallest absolute Gasteiger partial charge is 0.231 e. The largest absolute Gasteiger partial charge is 0.454 e. The molecule has 0 spiro atoms. The summed E-state index contributed by atoms with van der Waals surface area (Å²) in [4.78, 5) is 0. The van der Waals surface area contributed by atoms with E-state index < -0.39 is 0 Å². The number of benzene rings is 2. The molecule has 1 aliphatic heterocycles. The standard InChI is InChI=1S/C17H19NO2/c1-2-10-18-17(13-6-4-3-5-7-13)14-8-9-15-16(11-14)20-12-19-15/h3-9,11,17-18H,2,10,12H2,1H3. The minimum absolute atomic E-state index is 0.186. The second kappa shape index (κ2) is 5.97. The molecule has 3 nitrogen and oxygen atoms in total. The van der Waals surface area contributed by atoms with Gasteiger partial charge in [0.1, 0.15) is 0 Å². The minimum Gasteiger partial charge on any atom is -0.454 e. The van der Waals surface area contributed by atoms with Crippen LogP contribution in [0.2, 0.25) is 0 Å². The van der Waals surface area contributed by atoms with E-state index in [4.69, 9.17) is 9.47 Å². The van der Waals surface area contributed by atoms with Crippen LogP contribution in [0.15, 0.2) is 48.5 Å². The average molecular weight is 269 g/mol. The molecule has 2 aromatic carbocycles. The van der Waals surface area contributed by atoms with E-state index in [1.54, 1.807) is 0 Å². The maximum atomic E-state index is 5.48. The van der Waals surface area contributed by atoms with Crippen LogP contribution in [0.4, 0.5) is 0 Å². The van der Waals surface area contributed by atoms with Gasteiger partial charge in [0.25, 0.3) is 0 Å². The monoisotopic (exact) mass is 269 g/mol. The quantitative estimate of drug-likeness (QED) is 0.901. The Kier molecular flexibility index (Phi) is 3.88. The molecule has 0 aromatic heterocycles. The van der Waals surface area contributed by atoms with E-state index in [-0.39, 0.29) is 6.04 Å². The van der Waals surface area contributed by atoms with Crippen LogP contribution in [0.25, 0.3) is 0 Å². The minimum atomic E-state index is 0.186. The van der Waals surface area contributed by atoms with Crippen LogP contribution < -0.4 is 14.8 Å². The number of rotatable bonds is 5. The predicted molar refractivity (Wildman–Crippen MR) is 79.1 cm³/mol. The number of ether oxygens (including phenoxy) is 2. The topological polar surface area (TPSA) is 30.5 Å². The molecule has 1 atom stereocenters. The maximum absolute atomic E-state index is 5.48. The van der Waals surface area contributed by atoms with Crippen molar-refractivity contribution in [2.45, 2.75) is 19.4 Å². The van der Waals surface area contributed by atoms with Gasteiger partial charge in [0, 0.05) is 0 Å². The maximum Gasteiger partial charge on any atom is 0.231 e. The lowest BCUT2D eigenvalue weighted by atomic mass is 9.98. The summed E-state index contributed by atoms with van der Waals surface area (Å²) in [7, 11) is 0. The fourth-order valence-corrected chi connectivity index (χ4v) is 2.46. The van der Waals surface area contributed by atoms with Crippen LogP contribution in [0.3, 0.4) is 0 Å². The summed E-state index contributed by atoms with van der Waals surface area (Å²) in [5, 5.41) is 3.60. The Balaban J connectivity index is 1.92. The van der Waals surface area contributed by atoms with Crippen molar-refractivity contribution in [3.05, 3.63) is 59.7 Å². The zero-order chi connectivity index (χ0) is 13.8. The van der Waals surface area contributed by atoms with Gasteiger partial charge in [-0.2, -0.15) is 0 Å². The molecule has 0 radical (unpaired) electrons. The molecule has 0 saturated carbocycles. The number of nitrogens with one attached hydrogen (secondary N) is 1. The van der Waals surface area contributed by atoms with E-state index in [1.165, 1.54) is 11.1 Å². The first kappa shape index (κ1) is 13.0. The number of fused-ring (bicyclic) bond motifs is 1. The molecule has 0 aliphatic carbocycles. The second-order valence-electron chi connectivity index (χ2n) is 4.91. The van der Waals surface area contributed by atoms with E-state index in [2.05, 4.69) is 48.6 Å². The Bertz CT molecular complexity index is 568. The number of hydrogen-bond acceptors (Lipinski definition) is 3. The highest BCUT2D eigenvalue weighted by molar-refractivity contribution is 5.47. The van der Waals surface area contributed by atoms with Gasteiger partial charge in [-0.05, 0) is 36.2 Å². The summed E-state index contributed by atoms with van der Waals surface area (Å²) in [5.74, 6) is 1.66. The van der Waals surface area contributed by atoms with Crippen LogP contribution in [-0.4, -0.2) is 13.3 Å². The SMILES string of the molecule is CCCNC(c1ccccc1)c1ccc2c(c1)OCO2. The third-order valence-electron chi connectivity index (χ3n) is 3.46. The molecule has 1 unspecified atom stereocenters. The zero-order valence-corrected chi connectivity index (χ0v) is 11.6. The first-order chi connectivity index (χ1) is 9.88. The van der Waals surface area contributed by atoms with Gasteiger partial charge in [-0.25, -0.2) is 0 Å². The van der Waals surface area contributed by atoms with E-state index in [0.717, 1.165) is 24.5 Å². The van der Waals surface area contributed by atoms with Gasteiger partial charge < -0.3 is 14.8 Å². The summed E-state index contributed by atoms with van der Waals surface area (Å²) >= 11 is 0. The van der Waals surface area contributed by atoms with Crippen molar-refractivity contribution in [1.29, 1.82) is 0 Å². The van der Waals surface area contributed by atoms with Crippen molar-refractivity contribution >= 4 is 0 Å². The van der Waals surface area contributed by atoms with Crippen LogP contribution in [0, 0.1) is 0 Å². The average Bonchev–Trinajstić information content (AvgIpc) is 2.96. The first-order valence-electron chi connectivity index (χ1n) is 7.06. The Hall–Kier alpha value is -2.00. The Morgan fingerprint density at radius 3 is 2.60 bits per heavy atom. The van der Waals surface area contributed by atoms with Crippen molar-refractivity contribution in [3.8, 4) is 11.5 Å². The summed E-state index contributed by atoms with van der Waals surface area (Å²) in [6.07, 6.45) is 1.11. The highest BCUT2D eigenvalue weighted by Gasteiger charge is 2.18. The van der Waals surface area contributed by atoms with Crippen LogP contribution >= 0.6 is 0 Å². The van der Waals surface area contributed by atoms with Gasteiger partial charge in [-0.3, -0.25) is 0 Å². The summed E-state index contributed by atoms with van der Waals surface area (Å²) in [6.45, 7) is 3.47. The van der Waals surface area contributed by atoms with Crippen molar-refractivity contribution in [1.82, 2.24) is 5.32 Å². The molecule has 0 fully saturated rings. The van der Waals surface area contributed by atoms with Crippen molar-refractivity contribution < 1.29 is 9.47 Å². The molecule has 1 N–H and O–H groups in total. The highest BCUT2D eigenvalue weighted by atomic mass is 16.7. The molecule has 1 heterocycles.